The second kappa shape index (κ2) is 4.84. The van der Waals surface area contributed by atoms with E-state index in [4.69, 9.17) is 0 Å². The van der Waals surface area contributed by atoms with Crippen molar-refractivity contribution in [2.24, 2.45) is 0 Å². The number of aliphatic hydroxyl groups is 1. The van der Waals surface area contributed by atoms with Crippen LogP contribution in [0.4, 0.5) is 0 Å². The highest BCUT2D eigenvalue weighted by atomic mass is 32.2. The molecule has 18 heavy (non-hydrogen) atoms. The topological polar surface area (TPSA) is 57.6 Å². The van der Waals surface area contributed by atoms with Crippen LogP contribution in [0.2, 0.25) is 0 Å². The molecule has 0 radical (unpaired) electrons. The first-order valence-electron chi connectivity index (χ1n) is 5.91. The first kappa shape index (κ1) is 13.3. The molecule has 0 bridgehead atoms. The van der Waals surface area contributed by atoms with Crippen LogP contribution >= 0.6 is 0 Å². The van der Waals surface area contributed by atoms with Gasteiger partial charge in [-0.3, -0.25) is 0 Å². The molecule has 0 saturated carbocycles. The predicted octanol–water partition coefficient (Wildman–Crippen LogP) is 1.44. The molecular formula is C13H17NO3S. The first-order valence-corrected chi connectivity index (χ1v) is 7.41. The van der Waals surface area contributed by atoms with E-state index in [0.29, 0.717) is 6.42 Å². The van der Waals surface area contributed by atoms with Gasteiger partial charge in [0.2, 0.25) is 10.0 Å². The number of hydrogen-bond donors (Lipinski definition) is 1. The van der Waals surface area contributed by atoms with Crippen LogP contribution in [0.5, 0.6) is 0 Å². The molecule has 1 aliphatic heterocycles. The van der Waals surface area contributed by atoms with Crippen LogP contribution in [0.3, 0.4) is 0 Å². The van der Waals surface area contributed by atoms with Gasteiger partial charge in [-0.25, -0.2) is 8.42 Å². The Morgan fingerprint density at radius 1 is 1.33 bits per heavy atom. The zero-order valence-electron chi connectivity index (χ0n) is 10.3. The van der Waals surface area contributed by atoms with Gasteiger partial charge in [-0.15, -0.1) is 0 Å². The van der Waals surface area contributed by atoms with Crippen molar-refractivity contribution in [3.8, 4) is 0 Å². The molecule has 0 atom stereocenters. The molecule has 5 heteroatoms. The average Bonchev–Trinajstić information content (AvgIpc) is 2.34. The molecule has 0 spiro atoms. The molecule has 1 N–H and O–H groups in total. The second-order valence-electron chi connectivity index (χ2n) is 4.60. The van der Waals surface area contributed by atoms with E-state index in [1.54, 1.807) is 6.08 Å². The summed E-state index contributed by atoms with van der Waals surface area (Å²) in [5.74, 6) is 0. The van der Waals surface area contributed by atoms with E-state index in [1.165, 1.54) is 9.71 Å². The van der Waals surface area contributed by atoms with Crippen molar-refractivity contribution in [1.29, 1.82) is 0 Å². The van der Waals surface area contributed by atoms with Crippen LogP contribution in [0.1, 0.15) is 18.9 Å². The van der Waals surface area contributed by atoms with Crippen molar-refractivity contribution in [2.45, 2.75) is 18.9 Å². The van der Waals surface area contributed by atoms with E-state index in [-0.39, 0.29) is 13.1 Å². The minimum absolute atomic E-state index is 0.185. The Labute approximate surface area is 108 Å². The standard InChI is InChI=1S/C13H17NO3S/c1-2-13(15)10-14(11-13)18(16,17)9-8-12-6-4-3-5-7-12/h3-9,15H,2,10-11H2,1H3. The van der Waals surface area contributed by atoms with E-state index in [2.05, 4.69) is 0 Å². The summed E-state index contributed by atoms with van der Waals surface area (Å²) < 4.78 is 25.1. The molecule has 0 aromatic heterocycles. The number of benzene rings is 1. The smallest absolute Gasteiger partial charge is 0.236 e. The number of nitrogens with zero attached hydrogens (tertiary/aromatic N) is 1. The van der Waals surface area contributed by atoms with E-state index in [9.17, 15) is 13.5 Å². The summed E-state index contributed by atoms with van der Waals surface area (Å²) in [5, 5.41) is 11.0. The van der Waals surface area contributed by atoms with Crippen molar-refractivity contribution in [2.75, 3.05) is 13.1 Å². The normalized spacial score (nSPS) is 19.9. The molecule has 1 aliphatic rings. The highest BCUT2D eigenvalue weighted by Gasteiger charge is 2.44. The van der Waals surface area contributed by atoms with E-state index < -0.39 is 15.6 Å². The lowest BCUT2D eigenvalue weighted by atomic mass is 9.94. The summed E-state index contributed by atoms with van der Waals surface area (Å²) in [6, 6.07) is 9.26. The van der Waals surface area contributed by atoms with Crippen molar-refractivity contribution < 1.29 is 13.5 Å². The molecule has 1 saturated heterocycles. The lowest BCUT2D eigenvalue weighted by Crippen LogP contribution is -2.62. The highest BCUT2D eigenvalue weighted by molar-refractivity contribution is 7.92. The van der Waals surface area contributed by atoms with Gasteiger partial charge in [0.15, 0.2) is 0 Å². The van der Waals surface area contributed by atoms with Crippen LogP contribution in [0.25, 0.3) is 6.08 Å². The van der Waals surface area contributed by atoms with E-state index in [0.717, 1.165) is 5.56 Å². The molecule has 1 aromatic rings. The van der Waals surface area contributed by atoms with E-state index in [1.807, 2.05) is 37.3 Å². The largest absolute Gasteiger partial charge is 0.387 e. The zero-order chi connectivity index (χ0) is 13.2. The molecule has 1 heterocycles. The van der Waals surface area contributed by atoms with Gasteiger partial charge in [0.05, 0.1) is 5.60 Å². The van der Waals surface area contributed by atoms with Gasteiger partial charge in [-0.1, -0.05) is 37.3 Å². The Balaban J connectivity index is 2.04. The van der Waals surface area contributed by atoms with Crippen molar-refractivity contribution in [1.82, 2.24) is 4.31 Å². The molecule has 1 fully saturated rings. The third-order valence-corrected chi connectivity index (χ3v) is 4.65. The average molecular weight is 267 g/mol. The summed E-state index contributed by atoms with van der Waals surface area (Å²) in [4.78, 5) is 0. The lowest BCUT2D eigenvalue weighted by molar-refractivity contribution is -0.0608. The Hall–Kier alpha value is -1.17. The van der Waals surface area contributed by atoms with Crippen LogP contribution in [-0.4, -0.2) is 36.5 Å². The number of sulfonamides is 1. The van der Waals surface area contributed by atoms with Crippen LogP contribution in [0, 0.1) is 0 Å². The maximum absolute atomic E-state index is 11.9. The van der Waals surface area contributed by atoms with Crippen molar-refractivity contribution >= 4 is 16.1 Å². The van der Waals surface area contributed by atoms with Crippen LogP contribution < -0.4 is 0 Å². The zero-order valence-corrected chi connectivity index (χ0v) is 11.1. The minimum atomic E-state index is -3.41. The quantitative estimate of drug-likeness (QED) is 0.898. The molecule has 0 aliphatic carbocycles. The summed E-state index contributed by atoms with van der Waals surface area (Å²) in [6.45, 7) is 2.22. The fourth-order valence-electron chi connectivity index (χ4n) is 1.83. The molecule has 4 nitrogen and oxygen atoms in total. The number of hydrogen-bond acceptors (Lipinski definition) is 3. The Bertz CT molecular complexity index is 531. The Kier molecular flexibility index (Phi) is 3.56. The molecule has 2 rings (SSSR count). The van der Waals surface area contributed by atoms with Gasteiger partial charge in [-0.2, -0.15) is 4.31 Å². The maximum Gasteiger partial charge on any atom is 0.236 e. The molecule has 0 amide bonds. The second-order valence-corrected chi connectivity index (χ2v) is 6.42. The van der Waals surface area contributed by atoms with Crippen molar-refractivity contribution in [3.05, 3.63) is 41.3 Å². The number of rotatable bonds is 4. The van der Waals surface area contributed by atoms with Gasteiger partial charge >= 0.3 is 0 Å². The first-order chi connectivity index (χ1) is 8.45. The van der Waals surface area contributed by atoms with Crippen LogP contribution in [-0.2, 0) is 10.0 Å². The summed E-state index contributed by atoms with van der Waals surface area (Å²) >= 11 is 0. The van der Waals surface area contributed by atoms with Crippen molar-refractivity contribution in [3.63, 3.8) is 0 Å². The summed E-state index contributed by atoms with van der Waals surface area (Å²) in [6.07, 6.45) is 2.14. The Morgan fingerprint density at radius 2 is 1.94 bits per heavy atom. The summed E-state index contributed by atoms with van der Waals surface area (Å²) in [5.41, 5.74) is 0.000514. The van der Waals surface area contributed by atoms with Gasteiger partial charge in [-0.05, 0) is 18.1 Å². The highest BCUT2D eigenvalue weighted by Crippen LogP contribution is 2.27. The molecule has 1 aromatic carbocycles. The monoisotopic (exact) mass is 267 g/mol. The van der Waals surface area contributed by atoms with E-state index >= 15 is 0 Å². The fraction of sp³-hybridized carbons (Fsp3) is 0.385. The number of β-amino-alcohol motifs (C(OH)–C–C–N with tert-alkyl or cyclic N) is 1. The van der Waals surface area contributed by atoms with Gasteiger partial charge in [0.25, 0.3) is 0 Å². The lowest BCUT2D eigenvalue weighted by Gasteiger charge is -2.44. The molecular weight excluding hydrogens is 250 g/mol. The molecule has 98 valence electrons. The summed E-state index contributed by atoms with van der Waals surface area (Å²) in [7, 11) is -3.41. The molecule has 0 unspecified atom stereocenters. The van der Waals surface area contributed by atoms with Gasteiger partial charge in [0, 0.05) is 18.5 Å². The SMILES string of the molecule is CCC1(O)CN(S(=O)(=O)C=Cc2ccccc2)C1. The third kappa shape index (κ3) is 2.80. The maximum atomic E-state index is 11.9. The van der Waals surface area contributed by atoms with Gasteiger partial charge in [0.1, 0.15) is 0 Å². The minimum Gasteiger partial charge on any atom is -0.387 e. The Morgan fingerprint density at radius 3 is 2.50 bits per heavy atom. The third-order valence-electron chi connectivity index (χ3n) is 3.19. The predicted molar refractivity (Wildman–Crippen MR) is 71.2 cm³/mol. The van der Waals surface area contributed by atoms with Crippen LogP contribution in [0.15, 0.2) is 35.7 Å². The van der Waals surface area contributed by atoms with Gasteiger partial charge < -0.3 is 5.11 Å². The fourth-order valence-corrected chi connectivity index (χ4v) is 3.17.